The van der Waals surface area contributed by atoms with Crippen LogP contribution >= 0.6 is 11.3 Å². The van der Waals surface area contributed by atoms with Gasteiger partial charge in [0.05, 0.1) is 5.69 Å². The Morgan fingerprint density at radius 1 is 1.00 bits per heavy atom. The lowest BCUT2D eigenvalue weighted by atomic mass is 10.0. The predicted octanol–water partition coefficient (Wildman–Crippen LogP) is 5.56. The van der Waals surface area contributed by atoms with E-state index in [0.717, 1.165) is 40.5 Å². The molecule has 4 rings (SSSR count). The van der Waals surface area contributed by atoms with Crippen LogP contribution in [0.4, 0.5) is 10.8 Å². The number of amides is 2. The monoisotopic (exact) mass is 478 g/mol. The summed E-state index contributed by atoms with van der Waals surface area (Å²) in [6.07, 6.45) is 5.46. The van der Waals surface area contributed by atoms with E-state index in [1.165, 1.54) is 28.8 Å². The number of benzene rings is 2. The van der Waals surface area contributed by atoms with Crippen molar-refractivity contribution in [2.75, 3.05) is 5.32 Å². The Morgan fingerprint density at radius 2 is 1.68 bits per heavy atom. The SMILES string of the molecule is Cc1ccc(-c2nc(Nc3ccc(CCC(N)=O)cc3)sc2C)cc1C.NC(=O)C1CCCC1. The Balaban J connectivity index is 0.000000343. The van der Waals surface area contributed by atoms with E-state index >= 15 is 0 Å². The fourth-order valence-corrected chi connectivity index (χ4v) is 4.82. The van der Waals surface area contributed by atoms with Gasteiger partial charge in [-0.25, -0.2) is 4.98 Å². The van der Waals surface area contributed by atoms with Crippen molar-refractivity contribution in [2.24, 2.45) is 17.4 Å². The standard InChI is InChI=1S/C21H23N3OS.C6H11NO/c1-13-4-8-17(12-14(13)2)20-15(3)26-21(24-20)23-18-9-5-16(6-10-18)7-11-19(22)25;7-6(8)5-3-1-2-4-5/h4-6,8-10,12H,7,11H2,1-3H3,(H2,22,25)(H,23,24);5H,1-4H2,(H2,7,8). The second kappa shape index (κ2) is 11.8. The van der Waals surface area contributed by atoms with Crippen LogP contribution in [-0.2, 0) is 16.0 Å². The van der Waals surface area contributed by atoms with Gasteiger partial charge in [0.1, 0.15) is 0 Å². The molecular weight excluding hydrogens is 444 g/mol. The van der Waals surface area contributed by atoms with E-state index in [-0.39, 0.29) is 17.7 Å². The molecule has 34 heavy (non-hydrogen) atoms. The van der Waals surface area contributed by atoms with Crippen LogP contribution in [0.15, 0.2) is 42.5 Å². The highest BCUT2D eigenvalue weighted by atomic mass is 32.1. The zero-order valence-electron chi connectivity index (χ0n) is 20.2. The van der Waals surface area contributed by atoms with E-state index in [4.69, 9.17) is 16.5 Å². The number of carbonyl (C=O) groups is 2. The van der Waals surface area contributed by atoms with Gasteiger partial charge in [-0.1, -0.05) is 37.1 Å². The molecule has 180 valence electrons. The summed E-state index contributed by atoms with van der Waals surface area (Å²) in [7, 11) is 0. The summed E-state index contributed by atoms with van der Waals surface area (Å²) in [6.45, 7) is 6.34. The van der Waals surface area contributed by atoms with E-state index in [1.807, 2.05) is 24.3 Å². The molecule has 0 saturated heterocycles. The summed E-state index contributed by atoms with van der Waals surface area (Å²) in [6, 6.07) is 14.5. The van der Waals surface area contributed by atoms with E-state index in [1.54, 1.807) is 11.3 Å². The van der Waals surface area contributed by atoms with Gasteiger partial charge in [0.15, 0.2) is 5.13 Å². The molecule has 5 N–H and O–H groups in total. The molecule has 2 aromatic carbocycles. The number of hydrogen-bond donors (Lipinski definition) is 3. The molecule has 3 aromatic rings. The van der Waals surface area contributed by atoms with E-state index in [2.05, 4.69) is 44.3 Å². The van der Waals surface area contributed by atoms with E-state index < -0.39 is 0 Å². The number of carbonyl (C=O) groups excluding carboxylic acids is 2. The number of primary amides is 2. The van der Waals surface area contributed by atoms with Crippen molar-refractivity contribution in [1.82, 2.24) is 4.98 Å². The summed E-state index contributed by atoms with van der Waals surface area (Å²) in [4.78, 5) is 27.3. The van der Waals surface area contributed by atoms with Crippen molar-refractivity contribution in [3.05, 3.63) is 64.0 Å². The van der Waals surface area contributed by atoms with Crippen molar-refractivity contribution in [3.8, 4) is 11.3 Å². The Bertz CT molecular complexity index is 1130. The average molecular weight is 479 g/mol. The molecule has 0 spiro atoms. The van der Waals surface area contributed by atoms with Crippen LogP contribution < -0.4 is 16.8 Å². The first-order valence-electron chi connectivity index (χ1n) is 11.7. The van der Waals surface area contributed by atoms with Crippen LogP contribution in [-0.4, -0.2) is 16.8 Å². The highest BCUT2D eigenvalue weighted by Gasteiger charge is 2.19. The van der Waals surface area contributed by atoms with Gasteiger partial charge >= 0.3 is 0 Å². The summed E-state index contributed by atoms with van der Waals surface area (Å²) < 4.78 is 0. The van der Waals surface area contributed by atoms with Crippen LogP contribution in [0.5, 0.6) is 0 Å². The molecule has 0 bridgehead atoms. The third-order valence-corrected chi connectivity index (χ3v) is 7.09. The molecule has 1 aliphatic rings. The molecule has 1 saturated carbocycles. The largest absolute Gasteiger partial charge is 0.370 e. The van der Waals surface area contributed by atoms with Crippen molar-refractivity contribution in [1.29, 1.82) is 0 Å². The van der Waals surface area contributed by atoms with Gasteiger partial charge in [-0.15, -0.1) is 11.3 Å². The summed E-state index contributed by atoms with van der Waals surface area (Å²) in [5.74, 6) is -0.179. The maximum atomic E-state index is 10.9. The highest BCUT2D eigenvalue weighted by Crippen LogP contribution is 2.33. The minimum Gasteiger partial charge on any atom is -0.370 e. The molecule has 1 heterocycles. The zero-order chi connectivity index (χ0) is 24.7. The second-order valence-electron chi connectivity index (χ2n) is 8.89. The van der Waals surface area contributed by atoms with Crippen LogP contribution in [0.3, 0.4) is 0 Å². The second-order valence-corrected chi connectivity index (χ2v) is 10.1. The van der Waals surface area contributed by atoms with Crippen molar-refractivity contribution in [3.63, 3.8) is 0 Å². The van der Waals surface area contributed by atoms with Crippen LogP contribution in [0.1, 0.15) is 53.7 Å². The number of hydrogen-bond acceptors (Lipinski definition) is 5. The number of aryl methyl sites for hydroxylation is 4. The maximum Gasteiger partial charge on any atom is 0.220 e. The van der Waals surface area contributed by atoms with Crippen molar-refractivity contribution in [2.45, 2.75) is 59.3 Å². The Hall–Kier alpha value is -3.19. The van der Waals surface area contributed by atoms with Crippen LogP contribution in [0.2, 0.25) is 0 Å². The van der Waals surface area contributed by atoms with Gasteiger partial charge in [-0.05, 0) is 74.9 Å². The van der Waals surface area contributed by atoms with Crippen LogP contribution in [0.25, 0.3) is 11.3 Å². The number of aromatic nitrogens is 1. The molecule has 0 radical (unpaired) electrons. The van der Waals surface area contributed by atoms with E-state index in [0.29, 0.717) is 12.8 Å². The quantitative estimate of drug-likeness (QED) is 0.413. The normalized spacial score (nSPS) is 13.3. The number of thiazole rings is 1. The Morgan fingerprint density at radius 3 is 2.24 bits per heavy atom. The average Bonchev–Trinajstić information content (AvgIpc) is 3.46. The number of nitrogens with one attached hydrogen (secondary N) is 1. The van der Waals surface area contributed by atoms with Crippen LogP contribution in [0, 0.1) is 26.7 Å². The minimum absolute atomic E-state index is 0.109. The molecule has 1 aliphatic carbocycles. The fourth-order valence-electron chi connectivity index (χ4n) is 3.96. The lowest BCUT2D eigenvalue weighted by molar-refractivity contribution is -0.121. The molecule has 0 aliphatic heterocycles. The molecule has 0 unspecified atom stereocenters. The Kier molecular flexibility index (Phi) is 8.82. The number of anilines is 2. The molecule has 1 aromatic heterocycles. The third kappa shape index (κ3) is 7.15. The lowest BCUT2D eigenvalue weighted by Gasteiger charge is -2.05. The van der Waals surface area contributed by atoms with Gasteiger partial charge in [0, 0.05) is 28.5 Å². The maximum absolute atomic E-state index is 10.9. The molecule has 1 fully saturated rings. The minimum atomic E-state index is -0.274. The van der Waals surface area contributed by atoms with Gasteiger partial charge in [0.2, 0.25) is 11.8 Å². The van der Waals surface area contributed by atoms with Crippen molar-refractivity contribution < 1.29 is 9.59 Å². The smallest absolute Gasteiger partial charge is 0.220 e. The summed E-state index contributed by atoms with van der Waals surface area (Å²) >= 11 is 1.65. The molecule has 6 nitrogen and oxygen atoms in total. The molecule has 7 heteroatoms. The molecule has 2 amide bonds. The lowest BCUT2D eigenvalue weighted by Crippen LogP contribution is -2.19. The predicted molar refractivity (Wildman–Crippen MR) is 140 cm³/mol. The highest BCUT2D eigenvalue weighted by molar-refractivity contribution is 7.16. The number of rotatable bonds is 7. The topological polar surface area (TPSA) is 111 Å². The van der Waals surface area contributed by atoms with Gasteiger partial charge in [0.25, 0.3) is 0 Å². The summed E-state index contributed by atoms with van der Waals surface area (Å²) in [5.41, 5.74) is 17.1. The summed E-state index contributed by atoms with van der Waals surface area (Å²) in [5, 5.41) is 4.24. The van der Waals surface area contributed by atoms with Gasteiger partial charge in [-0.2, -0.15) is 0 Å². The zero-order valence-corrected chi connectivity index (χ0v) is 21.0. The van der Waals surface area contributed by atoms with Gasteiger partial charge in [-0.3, -0.25) is 9.59 Å². The first-order valence-corrected chi connectivity index (χ1v) is 12.5. The third-order valence-electron chi connectivity index (χ3n) is 6.20. The fraction of sp³-hybridized carbons (Fsp3) is 0.370. The number of nitrogens with two attached hydrogens (primary N) is 2. The number of nitrogens with zero attached hydrogens (tertiary/aromatic N) is 1. The van der Waals surface area contributed by atoms with Crippen molar-refractivity contribution >= 4 is 34.0 Å². The first-order chi connectivity index (χ1) is 16.2. The molecular formula is C27H34N4O2S. The first kappa shape index (κ1) is 25.4. The van der Waals surface area contributed by atoms with Gasteiger partial charge < -0.3 is 16.8 Å². The Labute approximate surface area is 205 Å². The molecule has 0 atom stereocenters. The van der Waals surface area contributed by atoms with E-state index in [9.17, 15) is 9.59 Å².